The zero-order valence-corrected chi connectivity index (χ0v) is 14.2. The van der Waals surface area contributed by atoms with E-state index in [9.17, 15) is 9.59 Å². The van der Waals surface area contributed by atoms with E-state index in [1.807, 2.05) is 60.7 Å². The number of hydrogen-bond acceptors (Lipinski definition) is 3. The van der Waals surface area contributed by atoms with Gasteiger partial charge >= 0.3 is 6.09 Å². The average molecular weight is 335 g/mol. The predicted octanol–water partition coefficient (Wildman–Crippen LogP) is 4.07. The molecule has 1 aliphatic carbocycles. The molecule has 0 radical (unpaired) electrons. The molecule has 0 aromatic heterocycles. The Hall–Kier alpha value is -2.62. The van der Waals surface area contributed by atoms with Gasteiger partial charge in [0, 0.05) is 0 Å². The number of benzene rings is 2. The summed E-state index contributed by atoms with van der Waals surface area (Å²) in [6, 6.07) is 19.1. The zero-order chi connectivity index (χ0) is 17.4. The number of amides is 2. The van der Waals surface area contributed by atoms with Crippen LogP contribution in [0.4, 0.5) is 4.79 Å². The molecule has 0 N–H and O–H groups in total. The molecule has 0 unspecified atom stereocenters. The van der Waals surface area contributed by atoms with Crippen LogP contribution in [0.2, 0.25) is 0 Å². The molecule has 2 aliphatic rings. The Bertz CT molecular complexity index is 789. The van der Waals surface area contributed by atoms with Crippen molar-refractivity contribution < 1.29 is 14.3 Å². The molecule has 3 atom stereocenters. The Morgan fingerprint density at radius 2 is 1.76 bits per heavy atom. The highest BCUT2D eigenvalue weighted by Crippen LogP contribution is 2.58. The van der Waals surface area contributed by atoms with E-state index >= 15 is 0 Å². The van der Waals surface area contributed by atoms with Crippen LogP contribution in [-0.4, -0.2) is 23.5 Å². The molecule has 2 aromatic rings. The molecule has 4 heteroatoms. The lowest BCUT2D eigenvalue weighted by molar-refractivity contribution is -0.132. The smallest absolute Gasteiger partial charge is 0.417 e. The Balaban J connectivity index is 1.72. The lowest BCUT2D eigenvalue weighted by Gasteiger charge is -2.26. The van der Waals surface area contributed by atoms with Crippen LogP contribution in [-0.2, 0) is 14.9 Å². The first kappa shape index (κ1) is 15.9. The largest absolute Gasteiger partial charge is 0.446 e. The molecule has 4 nitrogen and oxygen atoms in total. The van der Waals surface area contributed by atoms with Gasteiger partial charge in [0.25, 0.3) is 0 Å². The Labute approximate surface area is 147 Å². The SMILES string of the molecule is CC[C@@H]1C[C@@]1(C(=O)N1C(=O)OC[C@@H]1c1ccccc1)c1ccccc1. The van der Waals surface area contributed by atoms with Gasteiger partial charge in [0.2, 0.25) is 5.91 Å². The van der Waals surface area contributed by atoms with Crippen LogP contribution in [0.5, 0.6) is 0 Å². The van der Waals surface area contributed by atoms with Crippen LogP contribution in [0, 0.1) is 5.92 Å². The third kappa shape index (κ3) is 2.44. The van der Waals surface area contributed by atoms with E-state index in [2.05, 4.69) is 6.92 Å². The van der Waals surface area contributed by atoms with Crippen molar-refractivity contribution >= 4 is 12.0 Å². The second-order valence-electron chi connectivity index (χ2n) is 6.83. The summed E-state index contributed by atoms with van der Waals surface area (Å²) in [6.07, 6.45) is 1.17. The van der Waals surface area contributed by atoms with Crippen molar-refractivity contribution in [3.05, 3.63) is 71.8 Å². The van der Waals surface area contributed by atoms with Crippen LogP contribution in [0.15, 0.2) is 60.7 Å². The summed E-state index contributed by atoms with van der Waals surface area (Å²) in [5.74, 6) is 0.147. The maximum Gasteiger partial charge on any atom is 0.417 e. The van der Waals surface area contributed by atoms with Gasteiger partial charge in [-0.2, -0.15) is 0 Å². The monoisotopic (exact) mass is 335 g/mol. The molecule has 2 amide bonds. The van der Waals surface area contributed by atoms with Gasteiger partial charge in [0.05, 0.1) is 5.41 Å². The van der Waals surface area contributed by atoms with Gasteiger partial charge in [-0.1, -0.05) is 74.0 Å². The van der Waals surface area contributed by atoms with Crippen molar-refractivity contribution in [3.63, 3.8) is 0 Å². The lowest BCUT2D eigenvalue weighted by Crippen LogP contribution is -2.42. The number of carbonyl (C=O) groups excluding carboxylic acids is 2. The summed E-state index contributed by atoms with van der Waals surface area (Å²) in [4.78, 5) is 27.2. The van der Waals surface area contributed by atoms with Crippen LogP contribution >= 0.6 is 0 Å². The van der Waals surface area contributed by atoms with E-state index in [1.54, 1.807) is 0 Å². The highest BCUT2D eigenvalue weighted by molar-refractivity contribution is 6.02. The zero-order valence-electron chi connectivity index (χ0n) is 14.2. The maximum absolute atomic E-state index is 13.5. The van der Waals surface area contributed by atoms with Gasteiger partial charge in [-0.25, -0.2) is 9.69 Å². The molecular weight excluding hydrogens is 314 g/mol. The van der Waals surface area contributed by atoms with Crippen LogP contribution in [0.3, 0.4) is 0 Å². The molecule has 1 saturated heterocycles. The van der Waals surface area contributed by atoms with Crippen molar-refractivity contribution in [2.24, 2.45) is 5.92 Å². The molecule has 1 heterocycles. The normalized spacial score (nSPS) is 27.9. The van der Waals surface area contributed by atoms with Crippen molar-refractivity contribution in [2.75, 3.05) is 6.61 Å². The van der Waals surface area contributed by atoms with Gasteiger partial charge in [0.15, 0.2) is 0 Å². The first-order chi connectivity index (χ1) is 12.2. The number of ether oxygens (including phenoxy) is 1. The molecular formula is C21H21NO3. The molecule has 1 aliphatic heterocycles. The van der Waals surface area contributed by atoms with Crippen molar-refractivity contribution in [1.29, 1.82) is 0 Å². The minimum Gasteiger partial charge on any atom is -0.446 e. The molecule has 25 heavy (non-hydrogen) atoms. The van der Waals surface area contributed by atoms with Crippen LogP contribution in [0.1, 0.15) is 36.9 Å². The number of nitrogens with zero attached hydrogens (tertiary/aromatic N) is 1. The second kappa shape index (κ2) is 6.03. The quantitative estimate of drug-likeness (QED) is 0.846. The van der Waals surface area contributed by atoms with Crippen molar-refractivity contribution in [1.82, 2.24) is 4.90 Å². The highest BCUT2D eigenvalue weighted by atomic mass is 16.6. The number of rotatable bonds is 4. The molecule has 4 rings (SSSR count). The minimum atomic E-state index is -0.591. The Morgan fingerprint density at radius 1 is 1.12 bits per heavy atom. The first-order valence-electron chi connectivity index (χ1n) is 8.79. The van der Waals surface area contributed by atoms with Gasteiger partial charge in [0.1, 0.15) is 12.6 Å². The summed E-state index contributed by atoms with van der Waals surface area (Å²) < 4.78 is 5.25. The van der Waals surface area contributed by atoms with E-state index < -0.39 is 11.5 Å². The van der Waals surface area contributed by atoms with E-state index in [1.165, 1.54) is 4.90 Å². The molecule has 2 aromatic carbocycles. The number of imide groups is 1. The summed E-state index contributed by atoms with van der Waals surface area (Å²) >= 11 is 0. The standard InChI is InChI=1S/C21H21NO3/c1-2-16-13-21(16,17-11-7-4-8-12-17)19(23)22-18(14-25-20(22)24)15-9-5-3-6-10-15/h3-12,16,18H,2,13-14H2,1H3/t16-,18-,21+/m1/s1. The van der Waals surface area contributed by atoms with Gasteiger partial charge < -0.3 is 4.74 Å². The van der Waals surface area contributed by atoms with Gasteiger partial charge in [-0.05, 0) is 23.5 Å². The maximum atomic E-state index is 13.5. The van der Waals surface area contributed by atoms with Crippen LogP contribution < -0.4 is 0 Å². The van der Waals surface area contributed by atoms with E-state index in [4.69, 9.17) is 4.74 Å². The third-order valence-electron chi connectivity index (χ3n) is 5.54. The fourth-order valence-electron chi connectivity index (χ4n) is 4.08. The van der Waals surface area contributed by atoms with E-state index in [0.717, 1.165) is 24.0 Å². The van der Waals surface area contributed by atoms with Crippen LogP contribution in [0.25, 0.3) is 0 Å². The molecule has 128 valence electrons. The molecule has 0 spiro atoms. The molecule has 1 saturated carbocycles. The number of cyclic esters (lactones) is 1. The van der Waals surface area contributed by atoms with E-state index in [0.29, 0.717) is 0 Å². The fraction of sp³-hybridized carbons (Fsp3) is 0.333. The predicted molar refractivity (Wildman–Crippen MR) is 93.9 cm³/mol. The highest BCUT2D eigenvalue weighted by Gasteiger charge is 2.63. The summed E-state index contributed by atoms with van der Waals surface area (Å²) in [5, 5.41) is 0. The first-order valence-corrected chi connectivity index (χ1v) is 8.79. The van der Waals surface area contributed by atoms with E-state index in [-0.39, 0.29) is 24.5 Å². The van der Waals surface area contributed by atoms with Crippen molar-refractivity contribution in [3.8, 4) is 0 Å². The third-order valence-corrected chi connectivity index (χ3v) is 5.54. The fourth-order valence-corrected chi connectivity index (χ4v) is 4.08. The number of carbonyl (C=O) groups is 2. The Kier molecular flexibility index (Phi) is 3.83. The lowest BCUT2D eigenvalue weighted by atomic mass is 9.90. The molecule has 0 bridgehead atoms. The summed E-state index contributed by atoms with van der Waals surface area (Å²) in [6.45, 7) is 2.32. The molecule has 2 fully saturated rings. The average Bonchev–Trinajstić information content (AvgIpc) is 3.30. The topological polar surface area (TPSA) is 46.6 Å². The van der Waals surface area contributed by atoms with Gasteiger partial charge in [-0.3, -0.25) is 4.79 Å². The Morgan fingerprint density at radius 3 is 2.36 bits per heavy atom. The number of hydrogen-bond donors (Lipinski definition) is 0. The summed E-state index contributed by atoms with van der Waals surface area (Å²) in [7, 11) is 0. The van der Waals surface area contributed by atoms with Crippen molar-refractivity contribution in [2.45, 2.75) is 31.2 Å². The second-order valence-corrected chi connectivity index (χ2v) is 6.83. The van der Waals surface area contributed by atoms with Gasteiger partial charge in [-0.15, -0.1) is 0 Å². The summed E-state index contributed by atoms with van der Waals surface area (Å²) in [5.41, 5.74) is 1.34. The minimum absolute atomic E-state index is 0.123.